The first kappa shape index (κ1) is 18.0. The van der Waals surface area contributed by atoms with Gasteiger partial charge in [-0.3, -0.25) is 4.79 Å². The quantitative estimate of drug-likeness (QED) is 0.814. The van der Waals surface area contributed by atoms with Crippen molar-refractivity contribution in [2.24, 2.45) is 0 Å². The van der Waals surface area contributed by atoms with E-state index in [1.54, 1.807) is 0 Å². The fourth-order valence-corrected chi connectivity index (χ4v) is 5.16. The molecule has 1 unspecified atom stereocenters. The van der Waals surface area contributed by atoms with Gasteiger partial charge in [0.05, 0.1) is 5.69 Å². The van der Waals surface area contributed by atoms with E-state index in [2.05, 4.69) is 21.2 Å². The maximum atomic E-state index is 12.2. The van der Waals surface area contributed by atoms with Gasteiger partial charge < -0.3 is 9.80 Å². The molecule has 7 heteroatoms. The third-order valence-corrected chi connectivity index (χ3v) is 6.98. The molecule has 0 spiro atoms. The Labute approximate surface area is 166 Å². The summed E-state index contributed by atoms with van der Waals surface area (Å²) in [5.41, 5.74) is 3.48. The van der Waals surface area contributed by atoms with Crippen molar-refractivity contribution in [2.75, 3.05) is 26.7 Å². The number of aryl methyl sites for hydroxylation is 2. The number of likely N-dealkylation sites (N-methyl/N-ethyl adjacent to an activating group) is 1. The highest BCUT2D eigenvalue weighted by molar-refractivity contribution is 5.76. The molecule has 7 nitrogen and oxygen atoms in total. The van der Waals surface area contributed by atoms with E-state index >= 15 is 0 Å². The molecule has 28 heavy (non-hydrogen) atoms. The van der Waals surface area contributed by atoms with Crippen LogP contribution in [0.3, 0.4) is 0 Å². The Bertz CT molecular complexity index is 869. The molecule has 0 radical (unpaired) electrons. The van der Waals surface area contributed by atoms with Gasteiger partial charge in [0.15, 0.2) is 11.5 Å². The third-order valence-electron chi connectivity index (χ3n) is 6.98. The van der Waals surface area contributed by atoms with Crippen molar-refractivity contribution < 1.29 is 4.79 Å². The van der Waals surface area contributed by atoms with Gasteiger partial charge in [-0.25, -0.2) is 0 Å². The Morgan fingerprint density at radius 3 is 2.75 bits per heavy atom. The van der Waals surface area contributed by atoms with Crippen LogP contribution in [0.4, 0.5) is 0 Å². The van der Waals surface area contributed by atoms with Crippen LogP contribution in [0.15, 0.2) is 6.07 Å². The number of hydrogen-bond acceptors (Lipinski definition) is 5. The number of carbonyl (C=O) groups excluding carboxylic acids is 1. The SMILES string of the molecule is CN1C(=O)CCCCC1CN1CCC(c2nnc3cc4c(nn23)CCC4)CC1. The molecular weight excluding hydrogens is 352 g/mol. The molecule has 0 aromatic carbocycles. The Kier molecular flexibility index (Phi) is 4.78. The monoisotopic (exact) mass is 382 g/mol. The molecule has 0 bridgehead atoms. The molecule has 1 aliphatic carbocycles. The van der Waals surface area contributed by atoms with Crippen LogP contribution in [-0.2, 0) is 17.6 Å². The number of aromatic nitrogens is 4. The van der Waals surface area contributed by atoms with E-state index in [-0.39, 0.29) is 0 Å². The maximum absolute atomic E-state index is 12.2. The Morgan fingerprint density at radius 1 is 1.04 bits per heavy atom. The first-order valence-corrected chi connectivity index (χ1v) is 10.9. The first-order valence-electron chi connectivity index (χ1n) is 10.9. The Balaban J connectivity index is 1.25. The third kappa shape index (κ3) is 3.30. The van der Waals surface area contributed by atoms with Gasteiger partial charge in [-0.05, 0) is 69.7 Å². The molecule has 3 aliphatic rings. The first-order chi connectivity index (χ1) is 13.7. The minimum atomic E-state index is 0.311. The van der Waals surface area contributed by atoms with Crippen LogP contribution in [0.5, 0.6) is 0 Å². The van der Waals surface area contributed by atoms with E-state index in [1.807, 2.05) is 16.5 Å². The molecule has 0 saturated carbocycles. The minimum absolute atomic E-state index is 0.311. The van der Waals surface area contributed by atoms with E-state index < -0.39 is 0 Å². The predicted molar refractivity (Wildman–Crippen MR) is 106 cm³/mol. The number of nitrogens with zero attached hydrogens (tertiary/aromatic N) is 6. The number of rotatable bonds is 3. The number of fused-ring (bicyclic) bond motifs is 2. The van der Waals surface area contributed by atoms with Crippen molar-refractivity contribution in [3.63, 3.8) is 0 Å². The van der Waals surface area contributed by atoms with Crippen LogP contribution in [0.2, 0.25) is 0 Å². The van der Waals surface area contributed by atoms with Gasteiger partial charge in [-0.2, -0.15) is 9.61 Å². The maximum Gasteiger partial charge on any atom is 0.222 e. The molecule has 2 aromatic heterocycles. The standard InChI is InChI=1S/C21H30N6O/c1-25-17(6-2-3-8-20(25)28)14-26-11-9-15(10-12-26)21-23-22-19-13-16-5-4-7-18(16)24-27(19)21/h13,15,17H,2-12,14H2,1H3. The molecule has 5 rings (SSSR count). The molecule has 2 saturated heterocycles. The molecule has 150 valence electrons. The second-order valence-electron chi connectivity index (χ2n) is 8.78. The zero-order chi connectivity index (χ0) is 19.1. The summed E-state index contributed by atoms with van der Waals surface area (Å²) in [6, 6.07) is 2.55. The summed E-state index contributed by atoms with van der Waals surface area (Å²) in [7, 11) is 1.98. The normalized spacial score (nSPS) is 24.7. The summed E-state index contributed by atoms with van der Waals surface area (Å²) in [5.74, 6) is 1.77. The molecule has 2 aliphatic heterocycles. The van der Waals surface area contributed by atoms with Gasteiger partial charge >= 0.3 is 0 Å². The van der Waals surface area contributed by atoms with Crippen LogP contribution < -0.4 is 0 Å². The average Bonchev–Trinajstić information content (AvgIpc) is 3.30. The van der Waals surface area contributed by atoms with Crippen LogP contribution in [0.1, 0.15) is 67.9 Å². The zero-order valence-electron chi connectivity index (χ0n) is 16.8. The van der Waals surface area contributed by atoms with Gasteiger partial charge in [-0.15, -0.1) is 10.2 Å². The number of piperidine rings is 1. The van der Waals surface area contributed by atoms with Gasteiger partial charge in [0.25, 0.3) is 0 Å². The molecule has 2 fully saturated rings. The summed E-state index contributed by atoms with van der Waals surface area (Å²) < 4.78 is 2.00. The van der Waals surface area contributed by atoms with Gasteiger partial charge in [0, 0.05) is 32.0 Å². The smallest absolute Gasteiger partial charge is 0.222 e. The summed E-state index contributed by atoms with van der Waals surface area (Å²) in [4.78, 5) is 16.7. The minimum Gasteiger partial charge on any atom is -0.341 e. The van der Waals surface area contributed by atoms with Crippen LogP contribution in [0, 0.1) is 0 Å². The fraction of sp³-hybridized carbons (Fsp3) is 0.714. The highest BCUT2D eigenvalue weighted by Crippen LogP contribution is 2.29. The van der Waals surface area contributed by atoms with Gasteiger partial charge in [0.1, 0.15) is 0 Å². The second-order valence-corrected chi connectivity index (χ2v) is 8.78. The van der Waals surface area contributed by atoms with E-state index in [4.69, 9.17) is 5.10 Å². The van der Waals surface area contributed by atoms with Crippen LogP contribution in [-0.4, -0.2) is 68.2 Å². The van der Waals surface area contributed by atoms with Gasteiger partial charge in [0.2, 0.25) is 5.91 Å². The summed E-state index contributed by atoms with van der Waals surface area (Å²) >= 11 is 0. The number of hydrogen-bond donors (Lipinski definition) is 0. The van der Waals surface area contributed by atoms with Crippen molar-refractivity contribution in [1.29, 1.82) is 0 Å². The average molecular weight is 383 g/mol. The molecule has 1 atom stereocenters. The van der Waals surface area contributed by atoms with E-state index in [0.717, 1.165) is 69.6 Å². The van der Waals surface area contributed by atoms with E-state index in [0.29, 0.717) is 24.3 Å². The largest absolute Gasteiger partial charge is 0.341 e. The topological polar surface area (TPSA) is 66.6 Å². The second kappa shape index (κ2) is 7.43. The van der Waals surface area contributed by atoms with E-state index in [1.165, 1.54) is 24.1 Å². The Hall–Kier alpha value is -2.02. The summed E-state index contributed by atoms with van der Waals surface area (Å²) in [5, 5.41) is 13.8. The van der Waals surface area contributed by atoms with Crippen molar-refractivity contribution >= 4 is 11.6 Å². The van der Waals surface area contributed by atoms with Crippen molar-refractivity contribution in [1.82, 2.24) is 29.6 Å². The number of likely N-dealkylation sites (tertiary alicyclic amines) is 2. The molecule has 4 heterocycles. The zero-order valence-corrected chi connectivity index (χ0v) is 16.8. The van der Waals surface area contributed by atoms with Crippen LogP contribution in [0.25, 0.3) is 5.65 Å². The molecule has 1 amide bonds. The lowest BCUT2D eigenvalue weighted by Crippen LogP contribution is -2.46. The lowest BCUT2D eigenvalue weighted by molar-refractivity contribution is -0.131. The molecule has 2 aromatic rings. The predicted octanol–water partition coefficient (Wildman–Crippen LogP) is 2.19. The summed E-state index contributed by atoms with van der Waals surface area (Å²) in [6.07, 6.45) is 9.63. The summed E-state index contributed by atoms with van der Waals surface area (Å²) in [6.45, 7) is 3.12. The van der Waals surface area contributed by atoms with Gasteiger partial charge in [-0.1, -0.05) is 6.42 Å². The molecule has 0 N–H and O–H groups in total. The van der Waals surface area contributed by atoms with Crippen molar-refractivity contribution in [2.45, 2.75) is 69.7 Å². The highest BCUT2D eigenvalue weighted by Gasteiger charge is 2.29. The lowest BCUT2D eigenvalue weighted by atomic mass is 9.95. The lowest BCUT2D eigenvalue weighted by Gasteiger charge is -2.36. The Morgan fingerprint density at radius 2 is 1.89 bits per heavy atom. The van der Waals surface area contributed by atoms with Crippen LogP contribution >= 0.6 is 0 Å². The van der Waals surface area contributed by atoms with Crippen molar-refractivity contribution in [3.8, 4) is 0 Å². The number of amides is 1. The fourth-order valence-electron chi connectivity index (χ4n) is 5.16. The van der Waals surface area contributed by atoms with Crippen molar-refractivity contribution in [3.05, 3.63) is 23.1 Å². The molecular formula is C21H30N6O. The number of carbonyl (C=O) groups is 1. The van der Waals surface area contributed by atoms with E-state index in [9.17, 15) is 4.79 Å². The highest BCUT2D eigenvalue weighted by atomic mass is 16.2.